The van der Waals surface area contributed by atoms with E-state index in [2.05, 4.69) is 5.32 Å². The quantitative estimate of drug-likeness (QED) is 0.724. The number of ether oxygens (including phenoxy) is 1. The van der Waals surface area contributed by atoms with Gasteiger partial charge in [-0.25, -0.2) is 4.79 Å². The zero-order chi connectivity index (χ0) is 16.1. The van der Waals surface area contributed by atoms with E-state index in [1.165, 1.54) is 6.07 Å². The third kappa shape index (κ3) is 3.97. The lowest BCUT2D eigenvalue weighted by Gasteiger charge is -2.13. The van der Waals surface area contributed by atoms with E-state index in [1.807, 2.05) is 0 Å². The Kier molecular flexibility index (Phi) is 5.77. The van der Waals surface area contributed by atoms with Gasteiger partial charge in [0.1, 0.15) is 17.4 Å². The van der Waals surface area contributed by atoms with Crippen molar-refractivity contribution in [2.75, 3.05) is 18.5 Å². The molecule has 0 aliphatic heterocycles. The molecule has 2 N–H and O–H groups in total. The van der Waals surface area contributed by atoms with Crippen molar-refractivity contribution in [3.05, 3.63) is 57.0 Å². The third-order valence-electron chi connectivity index (χ3n) is 2.82. The first-order valence-electron chi connectivity index (χ1n) is 6.33. The molecule has 0 aliphatic rings. The second-order valence-electron chi connectivity index (χ2n) is 4.29. The SMILES string of the molecule is O=C(O)c1cccc(Cl)c1NCCOc1cccc(Cl)c1Cl. The minimum Gasteiger partial charge on any atom is -0.490 e. The second-order valence-corrected chi connectivity index (χ2v) is 5.49. The van der Waals surface area contributed by atoms with Gasteiger partial charge >= 0.3 is 5.97 Å². The van der Waals surface area contributed by atoms with Gasteiger partial charge < -0.3 is 15.2 Å². The summed E-state index contributed by atoms with van der Waals surface area (Å²) in [6.07, 6.45) is 0. The predicted octanol–water partition coefficient (Wildman–Crippen LogP) is 4.84. The van der Waals surface area contributed by atoms with Crippen molar-refractivity contribution in [2.24, 2.45) is 0 Å². The van der Waals surface area contributed by atoms with Crippen molar-refractivity contribution >= 4 is 46.5 Å². The van der Waals surface area contributed by atoms with E-state index in [-0.39, 0.29) is 12.2 Å². The summed E-state index contributed by atoms with van der Waals surface area (Å²) >= 11 is 17.9. The van der Waals surface area contributed by atoms with E-state index in [1.54, 1.807) is 30.3 Å². The number of halogens is 3. The van der Waals surface area contributed by atoms with Crippen molar-refractivity contribution < 1.29 is 14.6 Å². The van der Waals surface area contributed by atoms with Crippen molar-refractivity contribution in [1.29, 1.82) is 0 Å². The van der Waals surface area contributed by atoms with Crippen LogP contribution in [-0.2, 0) is 0 Å². The van der Waals surface area contributed by atoms with E-state index in [9.17, 15) is 4.79 Å². The average molecular weight is 361 g/mol. The minimum absolute atomic E-state index is 0.105. The Balaban J connectivity index is 1.97. The highest BCUT2D eigenvalue weighted by Gasteiger charge is 2.12. The molecule has 0 heterocycles. The third-order valence-corrected chi connectivity index (χ3v) is 3.94. The number of nitrogens with one attached hydrogen (secondary N) is 1. The topological polar surface area (TPSA) is 58.6 Å². The van der Waals surface area contributed by atoms with E-state index in [4.69, 9.17) is 44.6 Å². The number of hydrogen-bond donors (Lipinski definition) is 2. The molecule has 0 radical (unpaired) electrons. The van der Waals surface area contributed by atoms with Crippen LogP contribution in [-0.4, -0.2) is 24.2 Å². The molecular weight excluding hydrogens is 349 g/mol. The standard InChI is InChI=1S/C15H12Cl3NO3/c16-10-4-2-6-12(13(10)18)22-8-7-19-14-9(15(20)21)3-1-5-11(14)17/h1-6,19H,7-8H2,(H,20,21). The molecule has 0 fully saturated rings. The largest absolute Gasteiger partial charge is 0.490 e. The number of hydrogen-bond acceptors (Lipinski definition) is 3. The lowest BCUT2D eigenvalue weighted by Crippen LogP contribution is -2.14. The molecule has 2 aromatic rings. The lowest BCUT2D eigenvalue weighted by atomic mass is 10.2. The zero-order valence-electron chi connectivity index (χ0n) is 11.3. The molecule has 0 saturated heterocycles. The fourth-order valence-electron chi connectivity index (χ4n) is 1.81. The predicted molar refractivity (Wildman–Crippen MR) is 88.9 cm³/mol. The number of carbonyl (C=O) groups is 1. The molecule has 0 saturated carbocycles. The van der Waals surface area contributed by atoms with E-state index in [0.29, 0.717) is 33.0 Å². The van der Waals surface area contributed by atoms with Crippen LogP contribution in [0.25, 0.3) is 0 Å². The maximum atomic E-state index is 11.1. The first-order valence-corrected chi connectivity index (χ1v) is 7.46. The smallest absolute Gasteiger partial charge is 0.337 e. The molecule has 22 heavy (non-hydrogen) atoms. The summed E-state index contributed by atoms with van der Waals surface area (Å²) in [7, 11) is 0. The first kappa shape index (κ1) is 16.7. The van der Waals surface area contributed by atoms with Gasteiger partial charge in [-0.05, 0) is 24.3 Å². The molecule has 0 spiro atoms. The fourth-order valence-corrected chi connectivity index (χ4v) is 2.40. The molecule has 0 bridgehead atoms. The molecule has 116 valence electrons. The molecule has 2 rings (SSSR count). The van der Waals surface area contributed by atoms with Crippen LogP contribution in [0, 0.1) is 0 Å². The normalized spacial score (nSPS) is 10.3. The van der Waals surface area contributed by atoms with Crippen LogP contribution in [0.15, 0.2) is 36.4 Å². The molecule has 0 aliphatic carbocycles. The van der Waals surface area contributed by atoms with Crippen molar-refractivity contribution in [1.82, 2.24) is 0 Å². The van der Waals surface area contributed by atoms with Crippen LogP contribution in [0.4, 0.5) is 5.69 Å². The second kappa shape index (κ2) is 7.58. The van der Waals surface area contributed by atoms with E-state index in [0.717, 1.165) is 0 Å². The Bertz CT molecular complexity index is 692. The van der Waals surface area contributed by atoms with Crippen molar-refractivity contribution in [3.8, 4) is 5.75 Å². The van der Waals surface area contributed by atoms with E-state index >= 15 is 0 Å². The number of benzene rings is 2. The van der Waals surface area contributed by atoms with Gasteiger partial charge in [-0.3, -0.25) is 0 Å². The summed E-state index contributed by atoms with van der Waals surface area (Å²) in [4.78, 5) is 11.1. The summed E-state index contributed by atoms with van der Waals surface area (Å²) in [5, 5.41) is 13.2. The van der Waals surface area contributed by atoms with Gasteiger partial charge in [-0.2, -0.15) is 0 Å². The Morgan fingerprint density at radius 3 is 2.50 bits per heavy atom. The van der Waals surface area contributed by atoms with Crippen LogP contribution >= 0.6 is 34.8 Å². The van der Waals surface area contributed by atoms with Gasteiger partial charge in [0.2, 0.25) is 0 Å². The van der Waals surface area contributed by atoms with Gasteiger partial charge in [0.15, 0.2) is 0 Å². The molecular formula is C15H12Cl3NO3. The van der Waals surface area contributed by atoms with Gasteiger partial charge in [0.05, 0.1) is 21.3 Å². The summed E-state index contributed by atoms with van der Waals surface area (Å²) in [6.45, 7) is 0.622. The number of carboxylic acids is 1. The molecule has 0 unspecified atom stereocenters. The molecule has 0 aromatic heterocycles. The van der Waals surface area contributed by atoms with Crippen LogP contribution in [0.3, 0.4) is 0 Å². The monoisotopic (exact) mass is 359 g/mol. The number of carboxylic acid groups (broad SMARTS) is 1. The average Bonchev–Trinajstić information content (AvgIpc) is 2.48. The highest BCUT2D eigenvalue weighted by Crippen LogP contribution is 2.31. The Morgan fingerprint density at radius 2 is 1.77 bits per heavy atom. The summed E-state index contributed by atoms with van der Waals surface area (Å²) in [5.74, 6) is -0.586. The summed E-state index contributed by atoms with van der Waals surface area (Å²) < 4.78 is 5.51. The van der Waals surface area contributed by atoms with Crippen LogP contribution in [0.1, 0.15) is 10.4 Å². The Labute approximate surface area is 142 Å². The van der Waals surface area contributed by atoms with Gasteiger partial charge in [-0.1, -0.05) is 46.9 Å². The fraction of sp³-hybridized carbons (Fsp3) is 0.133. The minimum atomic E-state index is -1.05. The Hall–Kier alpha value is -1.62. The number of para-hydroxylation sites is 1. The summed E-state index contributed by atoms with van der Waals surface area (Å²) in [6, 6.07) is 9.77. The van der Waals surface area contributed by atoms with Crippen molar-refractivity contribution in [3.63, 3.8) is 0 Å². The van der Waals surface area contributed by atoms with E-state index < -0.39 is 5.97 Å². The van der Waals surface area contributed by atoms with Gasteiger partial charge in [0.25, 0.3) is 0 Å². The molecule has 2 aromatic carbocycles. The van der Waals surface area contributed by atoms with Crippen LogP contribution in [0.5, 0.6) is 5.75 Å². The number of rotatable bonds is 6. The van der Waals surface area contributed by atoms with Gasteiger partial charge in [0, 0.05) is 6.54 Å². The van der Waals surface area contributed by atoms with Crippen molar-refractivity contribution in [2.45, 2.75) is 0 Å². The summed E-state index contributed by atoms with van der Waals surface area (Å²) in [5.41, 5.74) is 0.464. The molecule has 0 atom stereocenters. The van der Waals surface area contributed by atoms with Gasteiger partial charge in [-0.15, -0.1) is 0 Å². The molecule has 7 heteroatoms. The lowest BCUT2D eigenvalue weighted by molar-refractivity contribution is 0.0698. The highest BCUT2D eigenvalue weighted by atomic mass is 35.5. The van der Waals surface area contributed by atoms with Crippen LogP contribution in [0.2, 0.25) is 15.1 Å². The maximum Gasteiger partial charge on any atom is 0.337 e. The number of aromatic carboxylic acids is 1. The Morgan fingerprint density at radius 1 is 1.09 bits per heavy atom. The maximum absolute atomic E-state index is 11.1. The molecule has 4 nitrogen and oxygen atoms in total. The zero-order valence-corrected chi connectivity index (χ0v) is 13.5. The first-order chi connectivity index (χ1) is 10.5. The highest BCUT2D eigenvalue weighted by molar-refractivity contribution is 6.42. The number of anilines is 1. The van der Waals surface area contributed by atoms with Crippen LogP contribution < -0.4 is 10.1 Å². The molecule has 0 amide bonds.